The van der Waals surface area contributed by atoms with Crippen molar-refractivity contribution in [1.82, 2.24) is 19.3 Å². The number of nitrogens with zero attached hydrogens (tertiary/aromatic N) is 4. The van der Waals surface area contributed by atoms with Crippen molar-refractivity contribution in [3.63, 3.8) is 0 Å². The number of benzene rings is 1. The summed E-state index contributed by atoms with van der Waals surface area (Å²) in [5.41, 5.74) is -1.27. The third kappa shape index (κ3) is 2.87. The highest BCUT2D eigenvalue weighted by Crippen LogP contribution is 2.54. The highest BCUT2D eigenvalue weighted by Gasteiger charge is 2.57. The van der Waals surface area contributed by atoms with Gasteiger partial charge in [-0.05, 0) is 55.3 Å². The van der Waals surface area contributed by atoms with Crippen LogP contribution in [-0.2, 0) is 6.18 Å². The summed E-state index contributed by atoms with van der Waals surface area (Å²) in [7, 11) is 0. The molecule has 2 aliphatic heterocycles. The molecule has 1 aromatic carbocycles. The van der Waals surface area contributed by atoms with Crippen LogP contribution in [0.5, 0.6) is 0 Å². The van der Waals surface area contributed by atoms with E-state index < -0.39 is 23.1 Å². The number of nitriles is 1. The Kier molecular flexibility index (Phi) is 4.14. The van der Waals surface area contributed by atoms with Gasteiger partial charge in [-0.15, -0.1) is 0 Å². The Morgan fingerprint density at radius 3 is 2.60 bits per heavy atom. The number of fused-ring (bicyclic) bond motifs is 2. The maximum Gasteiger partial charge on any atom is 0.417 e. The highest BCUT2D eigenvalue weighted by molar-refractivity contribution is 7.97. The fraction of sp³-hybridized carbons (Fsp3) is 0.350. The van der Waals surface area contributed by atoms with Crippen LogP contribution in [0.25, 0.3) is 22.3 Å². The van der Waals surface area contributed by atoms with E-state index in [1.807, 2.05) is 4.31 Å². The minimum atomic E-state index is -4.77. The molecule has 1 N–H and O–H groups in total. The first-order valence-electron chi connectivity index (χ1n) is 9.28. The second-order valence-electron chi connectivity index (χ2n) is 7.86. The number of halogens is 4. The topological polar surface area (TPSA) is 68.6 Å². The van der Waals surface area contributed by atoms with Crippen molar-refractivity contribution in [2.75, 3.05) is 6.54 Å². The van der Waals surface area contributed by atoms with Gasteiger partial charge in [-0.3, -0.25) is 0 Å². The number of nitrogens with one attached hydrogen (secondary N) is 1. The lowest BCUT2D eigenvalue weighted by molar-refractivity contribution is -0.137. The molecule has 0 radical (unpaired) electrons. The zero-order chi connectivity index (χ0) is 21.3. The van der Waals surface area contributed by atoms with E-state index in [1.54, 1.807) is 6.92 Å². The van der Waals surface area contributed by atoms with E-state index in [9.17, 15) is 22.8 Å². The van der Waals surface area contributed by atoms with Gasteiger partial charge in [-0.2, -0.15) is 18.4 Å². The van der Waals surface area contributed by atoms with Gasteiger partial charge in [-0.25, -0.2) is 18.7 Å². The van der Waals surface area contributed by atoms with E-state index in [1.165, 1.54) is 30.4 Å². The van der Waals surface area contributed by atoms with Gasteiger partial charge in [0.25, 0.3) is 0 Å². The largest absolute Gasteiger partial charge is 0.417 e. The monoisotopic (exact) mass is 433 g/mol. The van der Waals surface area contributed by atoms with E-state index in [0.29, 0.717) is 22.6 Å². The van der Waals surface area contributed by atoms with E-state index in [-0.39, 0.29) is 22.3 Å². The lowest BCUT2D eigenvalue weighted by atomic mass is 9.75. The number of aryl methyl sites for hydroxylation is 1. The SMILES string of the molecule is Cc1cnc(-c2c(C(F)(F)F)cc(F)c3[nH]c(SN4CC5CC4(C#N)C5)cc23)nc1. The van der Waals surface area contributed by atoms with Crippen molar-refractivity contribution in [3.8, 4) is 17.5 Å². The second kappa shape index (κ2) is 6.43. The Morgan fingerprint density at radius 2 is 1.97 bits per heavy atom. The Bertz CT molecular complexity index is 1190. The van der Waals surface area contributed by atoms with Crippen molar-refractivity contribution in [2.45, 2.75) is 36.5 Å². The number of hydrogen-bond acceptors (Lipinski definition) is 5. The summed E-state index contributed by atoms with van der Waals surface area (Å²) >= 11 is 1.25. The first kappa shape index (κ1) is 19.3. The number of hydrogen-bond donors (Lipinski definition) is 1. The molecule has 0 spiro atoms. The standard InChI is InChI=1S/C20H15F4N5S/c1-10-6-26-18(27-7-10)16-12-2-15(30-29-8-11-4-19(29,5-11)9-25)28-17(12)14(21)3-13(16)20(22,23)24/h2-3,6-7,11,28H,4-5,8H2,1H3. The first-order valence-corrected chi connectivity index (χ1v) is 10.1. The van der Waals surface area contributed by atoms with E-state index in [0.717, 1.165) is 19.4 Å². The molecule has 2 bridgehead atoms. The minimum absolute atomic E-state index is 0.0396. The normalized spacial score (nSPS) is 23.5. The first-order chi connectivity index (χ1) is 14.2. The fourth-order valence-corrected chi connectivity index (χ4v) is 5.50. The van der Waals surface area contributed by atoms with Gasteiger partial charge in [0, 0.05) is 29.9 Å². The summed E-state index contributed by atoms with van der Waals surface area (Å²) in [6, 6.07) is 4.31. The molecular formula is C20H15F4N5S. The number of aromatic nitrogens is 3. The molecule has 5 nitrogen and oxygen atoms in total. The van der Waals surface area contributed by atoms with E-state index in [2.05, 4.69) is 21.0 Å². The molecule has 4 heterocycles. The van der Waals surface area contributed by atoms with Crippen molar-refractivity contribution in [3.05, 3.63) is 41.5 Å². The Labute approximate surface area is 173 Å². The molecule has 6 rings (SSSR count). The number of H-pyrrole nitrogens is 1. The average Bonchev–Trinajstić information content (AvgIpc) is 3.32. The second-order valence-corrected chi connectivity index (χ2v) is 8.92. The van der Waals surface area contributed by atoms with Crippen molar-refractivity contribution in [1.29, 1.82) is 5.26 Å². The van der Waals surface area contributed by atoms with Crippen LogP contribution in [-0.4, -0.2) is 31.3 Å². The van der Waals surface area contributed by atoms with Crippen LogP contribution >= 0.6 is 11.9 Å². The minimum Gasteiger partial charge on any atom is -0.346 e. The predicted octanol–water partition coefficient (Wildman–Crippen LogP) is 5.09. The van der Waals surface area contributed by atoms with Crippen molar-refractivity contribution in [2.24, 2.45) is 5.92 Å². The van der Waals surface area contributed by atoms with Gasteiger partial charge in [-0.1, -0.05) is 0 Å². The van der Waals surface area contributed by atoms with E-state index in [4.69, 9.17) is 0 Å². The summed E-state index contributed by atoms with van der Waals surface area (Å²) in [5.74, 6) is -0.669. The average molecular weight is 433 g/mol. The Balaban J connectivity index is 1.65. The quantitative estimate of drug-likeness (QED) is 0.461. The lowest BCUT2D eigenvalue weighted by Crippen LogP contribution is -2.41. The summed E-state index contributed by atoms with van der Waals surface area (Å²) < 4.78 is 57.8. The number of aromatic amines is 1. The van der Waals surface area contributed by atoms with Crippen LogP contribution < -0.4 is 0 Å². The molecule has 1 aliphatic carbocycles. The van der Waals surface area contributed by atoms with Crippen LogP contribution in [0.4, 0.5) is 17.6 Å². The molecular weight excluding hydrogens is 418 g/mol. The highest BCUT2D eigenvalue weighted by atomic mass is 32.2. The molecule has 1 saturated carbocycles. The molecule has 154 valence electrons. The van der Waals surface area contributed by atoms with Crippen molar-refractivity contribution < 1.29 is 17.6 Å². The van der Waals surface area contributed by atoms with Gasteiger partial charge in [0.1, 0.15) is 11.4 Å². The molecule has 3 aliphatic rings. The van der Waals surface area contributed by atoms with Gasteiger partial charge in [0.05, 0.1) is 22.2 Å². The Morgan fingerprint density at radius 1 is 1.27 bits per heavy atom. The maximum absolute atomic E-state index is 14.6. The smallest absolute Gasteiger partial charge is 0.346 e. The third-order valence-electron chi connectivity index (χ3n) is 5.72. The van der Waals surface area contributed by atoms with Crippen LogP contribution in [0.1, 0.15) is 24.0 Å². The predicted molar refractivity (Wildman–Crippen MR) is 103 cm³/mol. The number of alkyl halides is 3. The molecule has 0 amide bonds. The zero-order valence-corrected chi connectivity index (χ0v) is 16.5. The molecule has 3 fully saturated rings. The molecule has 30 heavy (non-hydrogen) atoms. The summed E-state index contributed by atoms with van der Waals surface area (Å²) in [4.78, 5) is 11.0. The van der Waals surface area contributed by atoms with Crippen LogP contribution in [0.3, 0.4) is 0 Å². The number of rotatable bonds is 3. The molecule has 0 unspecified atom stereocenters. The molecule has 3 aromatic rings. The van der Waals surface area contributed by atoms with Gasteiger partial charge in [0.15, 0.2) is 5.82 Å². The molecule has 2 aromatic heterocycles. The van der Waals surface area contributed by atoms with Gasteiger partial charge >= 0.3 is 6.18 Å². The van der Waals surface area contributed by atoms with Gasteiger partial charge in [0.2, 0.25) is 0 Å². The molecule has 10 heteroatoms. The Hall–Kier alpha value is -2.64. The van der Waals surface area contributed by atoms with E-state index >= 15 is 0 Å². The van der Waals surface area contributed by atoms with Gasteiger partial charge < -0.3 is 4.98 Å². The van der Waals surface area contributed by atoms with Crippen LogP contribution in [0.2, 0.25) is 0 Å². The van der Waals surface area contributed by atoms with Crippen molar-refractivity contribution >= 4 is 22.9 Å². The summed E-state index contributed by atoms with van der Waals surface area (Å²) in [5, 5.41) is 10.1. The fourth-order valence-electron chi connectivity index (χ4n) is 4.29. The zero-order valence-electron chi connectivity index (χ0n) is 15.7. The summed E-state index contributed by atoms with van der Waals surface area (Å²) in [6.45, 7) is 2.45. The summed E-state index contributed by atoms with van der Waals surface area (Å²) in [6.07, 6.45) is -0.357. The molecule has 2 saturated heterocycles. The van der Waals surface area contributed by atoms with Crippen LogP contribution in [0.15, 0.2) is 29.6 Å². The van der Waals surface area contributed by atoms with Crippen LogP contribution in [0, 0.1) is 30.0 Å². The third-order valence-corrected chi connectivity index (χ3v) is 6.86. The molecule has 0 atom stereocenters. The maximum atomic E-state index is 14.6. The lowest BCUT2D eigenvalue weighted by Gasteiger charge is -2.34.